The number of fused-ring (bicyclic) bond motifs is 1. The molecule has 0 radical (unpaired) electrons. The Morgan fingerprint density at radius 1 is 0.762 bits per heavy atom. The highest BCUT2D eigenvalue weighted by molar-refractivity contribution is 7.17. The second kappa shape index (κ2) is 14.3. The first-order valence-electron chi connectivity index (χ1n) is 14.4. The molecule has 0 aliphatic heterocycles. The Labute approximate surface area is 252 Å². The number of thiophene rings is 1. The highest BCUT2D eigenvalue weighted by atomic mass is 32.1. The topological polar surface area (TPSA) is 61.9 Å². The lowest BCUT2D eigenvalue weighted by Crippen LogP contribution is -2.13. The van der Waals surface area contributed by atoms with Crippen molar-refractivity contribution in [1.82, 2.24) is 24.3 Å². The van der Waals surface area contributed by atoms with Crippen molar-refractivity contribution >= 4 is 34.8 Å². The Kier molecular flexibility index (Phi) is 10.0. The van der Waals surface area contributed by atoms with Gasteiger partial charge in [0.15, 0.2) is 5.82 Å². The predicted molar refractivity (Wildman–Crippen MR) is 179 cm³/mol. The third kappa shape index (κ3) is 7.64. The third-order valence-corrected chi connectivity index (χ3v) is 7.88. The molecule has 5 rings (SSSR count). The molecule has 0 spiro atoms. The molecule has 7 nitrogen and oxygen atoms in total. The maximum absolute atomic E-state index is 5.12. The maximum Gasteiger partial charge on any atom is 0.162 e. The molecule has 8 heteroatoms. The largest absolute Gasteiger partial charge is 0.309 e. The van der Waals surface area contributed by atoms with Gasteiger partial charge in [-0.1, -0.05) is 42.5 Å². The van der Waals surface area contributed by atoms with Crippen LogP contribution in [-0.2, 0) is 0 Å². The summed E-state index contributed by atoms with van der Waals surface area (Å²) in [6.45, 7) is 3.73. The van der Waals surface area contributed by atoms with Gasteiger partial charge in [0, 0.05) is 53.2 Å². The number of aromatic nitrogens is 3. The zero-order chi connectivity index (χ0) is 29.3. The Morgan fingerprint density at radius 2 is 1.45 bits per heavy atom. The molecule has 3 heterocycles. The summed E-state index contributed by atoms with van der Waals surface area (Å²) in [5.74, 6) is 0.704. The summed E-state index contributed by atoms with van der Waals surface area (Å²) in [4.78, 5) is 26.0. The van der Waals surface area contributed by atoms with Gasteiger partial charge in [-0.05, 0) is 90.0 Å². The molecule has 3 aromatic heterocycles. The molecule has 0 aliphatic carbocycles. The second-order valence-electron chi connectivity index (χ2n) is 10.9. The summed E-state index contributed by atoms with van der Waals surface area (Å²) in [7, 11) is 8.36. The van der Waals surface area contributed by atoms with Crippen LogP contribution in [0.2, 0.25) is 0 Å². The lowest BCUT2D eigenvalue weighted by Gasteiger charge is -2.09. The van der Waals surface area contributed by atoms with Crippen LogP contribution in [0, 0.1) is 0 Å². The van der Waals surface area contributed by atoms with Crippen molar-refractivity contribution in [2.45, 2.75) is 12.8 Å². The molecule has 0 N–H and O–H groups in total. The molecule has 42 heavy (non-hydrogen) atoms. The summed E-state index contributed by atoms with van der Waals surface area (Å²) in [6, 6.07) is 25.1. The molecule has 5 aromatic rings. The minimum atomic E-state index is 0.704. The van der Waals surface area contributed by atoms with Crippen molar-refractivity contribution in [3.8, 4) is 27.6 Å². The van der Waals surface area contributed by atoms with Gasteiger partial charge in [-0.3, -0.25) is 9.98 Å². The van der Waals surface area contributed by atoms with E-state index in [0.29, 0.717) is 5.82 Å². The van der Waals surface area contributed by atoms with Crippen LogP contribution in [0.1, 0.15) is 23.3 Å². The molecule has 0 bridgehead atoms. The van der Waals surface area contributed by atoms with E-state index in [1.807, 2.05) is 30.6 Å². The molecule has 0 saturated heterocycles. The van der Waals surface area contributed by atoms with Gasteiger partial charge in [0.2, 0.25) is 0 Å². The van der Waals surface area contributed by atoms with Crippen LogP contribution >= 0.6 is 11.3 Å². The number of benzene rings is 2. The predicted octanol–water partition coefficient (Wildman–Crippen LogP) is 6.56. The van der Waals surface area contributed by atoms with E-state index < -0.39 is 0 Å². The number of para-hydroxylation sites is 1. The fourth-order valence-corrected chi connectivity index (χ4v) is 5.58. The molecular weight excluding hydrogens is 538 g/mol. The Hall–Kier alpha value is -3.98. The Morgan fingerprint density at radius 3 is 2.14 bits per heavy atom. The molecular formula is C34H39N7S. The fourth-order valence-electron chi connectivity index (χ4n) is 4.68. The van der Waals surface area contributed by atoms with Gasteiger partial charge in [0.1, 0.15) is 5.65 Å². The van der Waals surface area contributed by atoms with Gasteiger partial charge < -0.3 is 14.4 Å². The summed E-state index contributed by atoms with van der Waals surface area (Å²) < 4.78 is 2.14. The Bertz CT molecular complexity index is 1630. The average molecular weight is 578 g/mol. The molecule has 2 aromatic carbocycles. The van der Waals surface area contributed by atoms with Crippen molar-refractivity contribution in [3.63, 3.8) is 0 Å². The summed E-state index contributed by atoms with van der Waals surface area (Å²) >= 11 is 1.71. The first-order valence-corrected chi connectivity index (χ1v) is 15.2. The van der Waals surface area contributed by atoms with Crippen LogP contribution in [-0.4, -0.2) is 91.1 Å². The maximum atomic E-state index is 5.12. The van der Waals surface area contributed by atoms with Gasteiger partial charge in [-0.15, -0.1) is 11.3 Å². The van der Waals surface area contributed by atoms with Crippen LogP contribution in [0.3, 0.4) is 0 Å². The van der Waals surface area contributed by atoms with Gasteiger partial charge in [0.05, 0.1) is 10.6 Å². The molecule has 0 atom stereocenters. The highest BCUT2D eigenvalue weighted by Gasteiger charge is 2.16. The van der Waals surface area contributed by atoms with Crippen LogP contribution in [0.25, 0.3) is 38.7 Å². The SMILES string of the molecule is CN(C)CCCN=Cc1ccc(-c2nc(-c3ccc(C=NCCCN(C)C)s3)c3ccn(-c4ccccc4)c3n2)cc1. The number of nitrogens with zero attached hydrogens (tertiary/aromatic N) is 7. The van der Waals surface area contributed by atoms with Crippen molar-refractivity contribution in [3.05, 3.63) is 89.4 Å². The average Bonchev–Trinajstić information content (AvgIpc) is 3.64. The Balaban J connectivity index is 1.46. The number of aliphatic imine (C=N–C) groups is 2. The van der Waals surface area contributed by atoms with Gasteiger partial charge in [0.25, 0.3) is 0 Å². The smallest absolute Gasteiger partial charge is 0.162 e. The molecule has 0 aliphatic rings. The molecule has 0 amide bonds. The fraction of sp³-hybridized carbons (Fsp3) is 0.294. The molecule has 0 unspecified atom stereocenters. The normalized spacial score (nSPS) is 12.1. The van der Waals surface area contributed by atoms with Gasteiger partial charge in [-0.2, -0.15) is 0 Å². The molecule has 0 saturated carbocycles. The van der Waals surface area contributed by atoms with Crippen LogP contribution in [0.4, 0.5) is 0 Å². The lowest BCUT2D eigenvalue weighted by atomic mass is 10.1. The third-order valence-electron chi connectivity index (χ3n) is 6.85. The van der Waals surface area contributed by atoms with Gasteiger partial charge >= 0.3 is 0 Å². The van der Waals surface area contributed by atoms with Gasteiger partial charge in [-0.25, -0.2) is 9.97 Å². The molecule has 216 valence electrons. The zero-order valence-electron chi connectivity index (χ0n) is 24.9. The zero-order valence-corrected chi connectivity index (χ0v) is 25.8. The minimum Gasteiger partial charge on any atom is -0.309 e. The first-order chi connectivity index (χ1) is 20.5. The highest BCUT2D eigenvalue weighted by Crippen LogP contribution is 2.34. The van der Waals surface area contributed by atoms with E-state index in [4.69, 9.17) is 9.97 Å². The number of hydrogen-bond acceptors (Lipinski definition) is 7. The summed E-state index contributed by atoms with van der Waals surface area (Å²) in [6.07, 6.45) is 8.11. The van der Waals surface area contributed by atoms with Crippen LogP contribution in [0.15, 0.2) is 89.0 Å². The van der Waals surface area contributed by atoms with Crippen molar-refractivity contribution in [2.24, 2.45) is 9.98 Å². The second-order valence-corrected chi connectivity index (χ2v) is 12.0. The standard InChI is InChI=1S/C34H39N7S/c1-39(2)21-8-19-35-24-26-12-14-27(15-13-26)33-37-32(31-17-16-29(42-31)25-36-20-9-22-40(3)4)30-18-23-41(34(30)38-33)28-10-6-5-7-11-28/h5-7,10-18,23-25H,8-9,19-22H2,1-4H3. The van der Waals surface area contributed by atoms with Crippen molar-refractivity contribution in [2.75, 3.05) is 54.4 Å². The number of hydrogen-bond donors (Lipinski definition) is 0. The van der Waals surface area contributed by atoms with E-state index in [9.17, 15) is 0 Å². The van der Waals surface area contributed by atoms with E-state index >= 15 is 0 Å². The van der Waals surface area contributed by atoms with E-state index in [2.05, 4.69) is 113 Å². The van der Waals surface area contributed by atoms with E-state index in [1.165, 1.54) is 0 Å². The van der Waals surface area contributed by atoms with Crippen LogP contribution < -0.4 is 0 Å². The first kappa shape index (κ1) is 29.5. The van der Waals surface area contributed by atoms with E-state index in [0.717, 1.165) is 82.3 Å². The van der Waals surface area contributed by atoms with Crippen LogP contribution in [0.5, 0.6) is 0 Å². The van der Waals surface area contributed by atoms with Crippen molar-refractivity contribution < 1.29 is 0 Å². The summed E-state index contributed by atoms with van der Waals surface area (Å²) in [5, 5.41) is 1.03. The minimum absolute atomic E-state index is 0.704. The van der Waals surface area contributed by atoms with E-state index in [1.54, 1.807) is 11.3 Å². The monoisotopic (exact) mass is 577 g/mol. The summed E-state index contributed by atoms with van der Waals surface area (Å²) in [5.41, 5.74) is 4.95. The number of rotatable bonds is 13. The quantitative estimate of drug-likeness (QED) is 0.118. The van der Waals surface area contributed by atoms with E-state index in [-0.39, 0.29) is 0 Å². The van der Waals surface area contributed by atoms with Crippen molar-refractivity contribution in [1.29, 1.82) is 0 Å². The molecule has 0 fully saturated rings. The lowest BCUT2D eigenvalue weighted by molar-refractivity contribution is 0.403.